The number of benzene rings is 1. The number of carbonyl (C=O) groups is 1. The zero-order valence-corrected chi connectivity index (χ0v) is 15.4. The number of hydrogen-bond acceptors (Lipinski definition) is 6. The van der Waals surface area contributed by atoms with Gasteiger partial charge in [-0.05, 0) is 49.6 Å². The number of amides is 1. The molecule has 0 aliphatic rings. The first-order valence-corrected chi connectivity index (χ1v) is 9.47. The summed E-state index contributed by atoms with van der Waals surface area (Å²) in [6.07, 6.45) is 2.40. The molecule has 0 atom stereocenters. The number of tetrazole rings is 1. The van der Waals surface area contributed by atoms with Crippen molar-refractivity contribution in [3.05, 3.63) is 24.3 Å². The van der Waals surface area contributed by atoms with Crippen molar-refractivity contribution in [1.82, 2.24) is 20.2 Å². The van der Waals surface area contributed by atoms with Crippen LogP contribution < -0.4 is 5.32 Å². The van der Waals surface area contributed by atoms with E-state index < -0.39 is 0 Å². The van der Waals surface area contributed by atoms with Crippen molar-refractivity contribution in [2.24, 2.45) is 0 Å². The van der Waals surface area contributed by atoms with E-state index in [1.165, 1.54) is 11.8 Å². The highest BCUT2D eigenvalue weighted by Gasteiger charge is 2.20. The third-order valence-corrected chi connectivity index (χ3v) is 4.73. The number of anilines is 1. The Balaban J connectivity index is 1.87. The minimum absolute atomic E-state index is 0.00576. The van der Waals surface area contributed by atoms with E-state index in [2.05, 4.69) is 20.8 Å². The summed E-state index contributed by atoms with van der Waals surface area (Å²) in [5, 5.41) is 15.4. The van der Waals surface area contributed by atoms with Crippen LogP contribution in [0.15, 0.2) is 34.3 Å². The summed E-state index contributed by atoms with van der Waals surface area (Å²) >= 11 is 3.10. The van der Waals surface area contributed by atoms with E-state index >= 15 is 0 Å². The highest BCUT2D eigenvalue weighted by atomic mass is 32.2. The molecule has 0 saturated heterocycles. The highest BCUT2D eigenvalue weighted by molar-refractivity contribution is 7.99. The van der Waals surface area contributed by atoms with E-state index in [9.17, 15) is 4.79 Å². The summed E-state index contributed by atoms with van der Waals surface area (Å²) in [6, 6.07) is 7.79. The van der Waals surface area contributed by atoms with Crippen molar-refractivity contribution >= 4 is 35.1 Å². The quantitative estimate of drug-likeness (QED) is 0.805. The average molecular weight is 352 g/mol. The Labute approximate surface area is 144 Å². The molecule has 0 bridgehead atoms. The predicted octanol–water partition coefficient (Wildman–Crippen LogP) is 3.27. The largest absolute Gasteiger partial charge is 0.325 e. The Bertz CT molecular complexity index is 666. The van der Waals surface area contributed by atoms with Crippen LogP contribution in [0, 0.1) is 0 Å². The van der Waals surface area contributed by atoms with Crippen LogP contribution in [0.2, 0.25) is 0 Å². The van der Waals surface area contributed by atoms with Crippen LogP contribution in [0.3, 0.4) is 0 Å². The molecular weight excluding hydrogens is 330 g/mol. The number of para-hydroxylation sites is 1. The van der Waals surface area contributed by atoms with Gasteiger partial charge in [0.1, 0.15) is 0 Å². The molecule has 8 heteroatoms. The van der Waals surface area contributed by atoms with Gasteiger partial charge in [0.2, 0.25) is 11.1 Å². The lowest BCUT2D eigenvalue weighted by atomic mass is 10.1. The van der Waals surface area contributed by atoms with Crippen LogP contribution in [0.25, 0.3) is 0 Å². The molecule has 0 spiro atoms. The number of carbonyl (C=O) groups excluding carboxylic acids is 1. The lowest BCUT2D eigenvalue weighted by molar-refractivity contribution is -0.115. The molecule has 1 heterocycles. The molecule has 124 valence electrons. The van der Waals surface area contributed by atoms with Gasteiger partial charge in [0.25, 0.3) is 0 Å². The average Bonchev–Trinajstić information content (AvgIpc) is 2.96. The van der Waals surface area contributed by atoms with Crippen LogP contribution in [0.1, 0.15) is 27.2 Å². The van der Waals surface area contributed by atoms with Crippen LogP contribution >= 0.6 is 23.5 Å². The molecule has 0 fully saturated rings. The maximum absolute atomic E-state index is 12.1. The molecule has 6 nitrogen and oxygen atoms in total. The molecular formula is C15H21N5OS2. The minimum Gasteiger partial charge on any atom is -0.325 e. The van der Waals surface area contributed by atoms with E-state index in [4.69, 9.17) is 0 Å². The molecule has 0 aliphatic carbocycles. The smallest absolute Gasteiger partial charge is 0.225 e. The summed E-state index contributed by atoms with van der Waals surface area (Å²) < 4.78 is 1.78. The molecule has 23 heavy (non-hydrogen) atoms. The second-order valence-electron chi connectivity index (χ2n) is 5.89. The van der Waals surface area contributed by atoms with E-state index in [0.29, 0.717) is 12.2 Å². The van der Waals surface area contributed by atoms with Gasteiger partial charge in [-0.25, -0.2) is 4.68 Å². The molecule has 2 aromatic rings. The highest BCUT2D eigenvalue weighted by Crippen LogP contribution is 2.25. The lowest BCUT2D eigenvalue weighted by Crippen LogP contribution is -2.24. The maximum atomic E-state index is 12.1. The number of thioether (sulfide) groups is 2. The van der Waals surface area contributed by atoms with Crippen LogP contribution in [0.5, 0.6) is 0 Å². The maximum Gasteiger partial charge on any atom is 0.225 e. The summed E-state index contributed by atoms with van der Waals surface area (Å²) in [5.41, 5.74) is 0.681. The minimum atomic E-state index is -0.175. The molecule has 0 radical (unpaired) electrons. The second kappa shape index (κ2) is 7.83. The normalized spacial score (nSPS) is 11.5. The number of rotatable bonds is 6. The van der Waals surface area contributed by atoms with Gasteiger partial charge in [-0.3, -0.25) is 4.79 Å². The molecule has 1 N–H and O–H groups in total. The lowest BCUT2D eigenvalue weighted by Gasteiger charge is -2.19. The number of hydrogen-bond donors (Lipinski definition) is 1. The molecule has 1 aromatic carbocycles. The van der Waals surface area contributed by atoms with Crippen LogP contribution in [-0.4, -0.2) is 38.1 Å². The molecule has 0 saturated carbocycles. The predicted molar refractivity (Wildman–Crippen MR) is 95.0 cm³/mol. The van der Waals surface area contributed by atoms with E-state index in [0.717, 1.165) is 15.7 Å². The third kappa shape index (κ3) is 4.97. The summed E-state index contributed by atoms with van der Waals surface area (Å²) in [5.74, 6) is 0.623. The molecule has 0 unspecified atom stereocenters. The number of aromatic nitrogens is 4. The van der Waals surface area contributed by atoms with Gasteiger partial charge in [-0.2, -0.15) is 0 Å². The summed E-state index contributed by atoms with van der Waals surface area (Å²) in [7, 11) is 0. The fourth-order valence-electron chi connectivity index (χ4n) is 1.89. The van der Waals surface area contributed by atoms with Gasteiger partial charge < -0.3 is 5.32 Å². The Morgan fingerprint density at radius 3 is 2.74 bits per heavy atom. The SMILES string of the molecule is CSc1ccccc1NC(=O)CCSc1nnnn1C(C)(C)C. The number of nitrogens with one attached hydrogen (secondary N) is 1. The van der Waals surface area contributed by atoms with Crippen molar-refractivity contribution < 1.29 is 4.79 Å². The monoisotopic (exact) mass is 351 g/mol. The van der Waals surface area contributed by atoms with Gasteiger partial charge in [0.15, 0.2) is 0 Å². The Kier molecular flexibility index (Phi) is 6.06. The summed E-state index contributed by atoms with van der Waals surface area (Å²) in [6.45, 7) is 6.12. The topological polar surface area (TPSA) is 72.7 Å². The first-order chi connectivity index (χ1) is 10.9. The standard InChI is InChI=1S/C15H21N5OS2/c1-15(2,3)20-14(17-18-19-20)23-10-9-13(21)16-11-7-5-6-8-12(11)22-4/h5-8H,9-10H2,1-4H3,(H,16,21). The number of nitrogens with zero attached hydrogens (tertiary/aromatic N) is 4. The molecule has 1 aromatic heterocycles. The third-order valence-electron chi connectivity index (χ3n) is 3.02. The zero-order chi connectivity index (χ0) is 16.9. The van der Waals surface area contributed by atoms with Gasteiger partial charge in [0, 0.05) is 17.1 Å². The van der Waals surface area contributed by atoms with Gasteiger partial charge in [0.05, 0.1) is 11.2 Å². The fraction of sp³-hybridized carbons (Fsp3) is 0.467. The first kappa shape index (κ1) is 17.8. The molecule has 2 rings (SSSR count). The van der Waals surface area contributed by atoms with Gasteiger partial charge in [-0.15, -0.1) is 16.9 Å². The van der Waals surface area contributed by atoms with Crippen molar-refractivity contribution in [3.8, 4) is 0 Å². The molecule has 0 aliphatic heterocycles. The zero-order valence-electron chi connectivity index (χ0n) is 13.7. The molecule has 1 amide bonds. The van der Waals surface area contributed by atoms with Gasteiger partial charge in [-0.1, -0.05) is 23.9 Å². The van der Waals surface area contributed by atoms with Crippen LogP contribution in [-0.2, 0) is 10.3 Å². The summed E-state index contributed by atoms with van der Waals surface area (Å²) in [4.78, 5) is 13.2. The van der Waals surface area contributed by atoms with Crippen LogP contribution in [0.4, 0.5) is 5.69 Å². The second-order valence-corrected chi connectivity index (χ2v) is 7.80. The van der Waals surface area contributed by atoms with Crippen molar-refractivity contribution in [1.29, 1.82) is 0 Å². The van der Waals surface area contributed by atoms with E-state index in [1.54, 1.807) is 16.4 Å². The Morgan fingerprint density at radius 2 is 2.04 bits per heavy atom. The first-order valence-electron chi connectivity index (χ1n) is 7.26. The van der Waals surface area contributed by atoms with Crippen molar-refractivity contribution in [2.75, 3.05) is 17.3 Å². The fourth-order valence-corrected chi connectivity index (χ4v) is 3.44. The van der Waals surface area contributed by atoms with Crippen molar-refractivity contribution in [2.45, 2.75) is 42.8 Å². The Morgan fingerprint density at radius 1 is 1.30 bits per heavy atom. The van der Waals surface area contributed by atoms with Gasteiger partial charge >= 0.3 is 0 Å². The van der Waals surface area contributed by atoms with E-state index in [-0.39, 0.29) is 11.4 Å². The van der Waals surface area contributed by atoms with Crippen molar-refractivity contribution in [3.63, 3.8) is 0 Å². The Hall–Kier alpha value is -1.54. The van der Waals surface area contributed by atoms with E-state index in [1.807, 2.05) is 51.3 Å².